The zero-order valence-electron chi connectivity index (χ0n) is 10.3. The van der Waals surface area contributed by atoms with Crippen LogP contribution < -0.4 is 0 Å². The number of nitrogens with zero attached hydrogens (tertiary/aromatic N) is 1. The maximum atomic E-state index is 12.6. The third-order valence-electron chi connectivity index (χ3n) is 2.83. The number of aromatic nitrogens is 2. The van der Waals surface area contributed by atoms with Gasteiger partial charge in [0.15, 0.2) is 4.77 Å². The highest BCUT2D eigenvalue weighted by molar-refractivity contribution is 7.98. The summed E-state index contributed by atoms with van der Waals surface area (Å²) in [5, 5.41) is 0. The van der Waals surface area contributed by atoms with Gasteiger partial charge in [-0.2, -0.15) is 24.9 Å². The van der Waals surface area contributed by atoms with E-state index in [1.54, 1.807) is 11.8 Å². The summed E-state index contributed by atoms with van der Waals surface area (Å²) < 4.78 is 40.2. The predicted molar refractivity (Wildman–Crippen MR) is 75.1 cm³/mol. The minimum absolute atomic E-state index is 0.434. The van der Waals surface area contributed by atoms with E-state index >= 15 is 0 Å². The number of aryl methyl sites for hydroxylation is 1. The lowest BCUT2D eigenvalue weighted by Crippen LogP contribution is -2.04. The van der Waals surface area contributed by atoms with Crippen LogP contribution in [0.5, 0.6) is 0 Å². The zero-order chi connectivity index (χ0) is 14.0. The highest BCUT2D eigenvalue weighted by Crippen LogP contribution is 2.31. The molecule has 2 nitrogen and oxygen atoms in total. The first-order chi connectivity index (χ1) is 8.93. The molecule has 1 N–H and O–H groups in total. The Morgan fingerprint density at radius 3 is 2.74 bits per heavy atom. The number of hydrogen-bond donors (Lipinski definition) is 1. The second-order valence-electron chi connectivity index (χ2n) is 4.16. The fourth-order valence-corrected chi connectivity index (χ4v) is 2.65. The number of nitrogens with one attached hydrogen (secondary N) is 1. The van der Waals surface area contributed by atoms with Gasteiger partial charge in [0.1, 0.15) is 0 Å². The molecule has 104 valence electrons. The molecule has 0 spiro atoms. The molecule has 1 aromatic carbocycles. The van der Waals surface area contributed by atoms with E-state index in [-0.39, 0.29) is 0 Å². The van der Waals surface area contributed by atoms with E-state index < -0.39 is 11.7 Å². The van der Waals surface area contributed by atoms with Crippen molar-refractivity contribution in [3.63, 3.8) is 0 Å². The third kappa shape index (κ3) is 3.14. The molecule has 0 saturated carbocycles. The van der Waals surface area contributed by atoms with Crippen molar-refractivity contribution in [2.45, 2.75) is 19.1 Å². The molecule has 1 aromatic heterocycles. The van der Waals surface area contributed by atoms with Crippen LogP contribution in [0.3, 0.4) is 0 Å². The summed E-state index contributed by atoms with van der Waals surface area (Å²) in [6, 6.07) is 3.68. The monoisotopic (exact) mass is 306 g/mol. The molecule has 2 rings (SSSR count). The van der Waals surface area contributed by atoms with Crippen LogP contribution in [-0.4, -0.2) is 21.6 Å². The Morgan fingerprint density at radius 2 is 2.11 bits per heavy atom. The van der Waals surface area contributed by atoms with Gasteiger partial charge in [0.2, 0.25) is 0 Å². The van der Waals surface area contributed by atoms with Crippen molar-refractivity contribution in [2.24, 2.45) is 0 Å². The van der Waals surface area contributed by atoms with Gasteiger partial charge < -0.3 is 9.55 Å². The molecule has 0 aliphatic carbocycles. The third-order valence-corrected chi connectivity index (χ3v) is 3.85. The summed E-state index contributed by atoms with van der Waals surface area (Å²) in [7, 11) is 0. The van der Waals surface area contributed by atoms with Crippen LogP contribution in [0.15, 0.2) is 18.2 Å². The smallest absolute Gasteiger partial charge is 0.331 e. The summed E-state index contributed by atoms with van der Waals surface area (Å²) in [5.74, 6) is 0.995. The number of thioether (sulfide) groups is 1. The molecule has 0 atom stereocenters. The summed E-state index contributed by atoms with van der Waals surface area (Å²) in [6.45, 7) is 0.713. The quantitative estimate of drug-likeness (QED) is 0.664. The van der Waals surface area contributed by atoms with E-state index in [4.69, 9.17) is 12.2 Å². The first-order valence-corrected chi connectivity index (χ1v) is 7.52. The molecule has 0 fully saturated rings. The number of rotatable bonds is 4. The van der Waals surface area contributed by atoms with Gasteiger partial charge >= 0.3 is 6.18 Å². The summed E-state index contributed by atoms with van der Waals surface area (Å²) in [4.78, 5) is 2.84. The van der Waals surface area contributed by atoms with E-state index in [0.29, 0.717) is 16.8 Å². The van der Waals surface area contributed by atoms with E-state index in [9.17, 15) is 13.2 Å². The number of benzene rings is 1. The first kappa shape index (κ1) is 14.5. The van der Waals surface area contributed by atoms with Gasteiger partial charge in [-0.3, -0.25) is 0 Å². The van der Waals surface area contributed by atoms with Crippen LogP contribution in [0.25, 0.3) is 11.0 Å². The molecule has 2 aromatic rings. The van der Waals surface area contributed by atoms with Crippen LogP contribution in [0, 0.1) is 4.77 Å². The van der Waals surface area contributed by atoms with Crippen molar-refractivity contribution in [1.82, 2.24) is 9.55 Å². The number of alkyl halides is 3. The average molecular weight is 306 g/mol. The maximum absolute atomic E-state index is 12.6. The van der Waals surface area contributed by atoms with Crippen LogP contribution in [0.4, 0.5) is 13.2 Å². The molecular formula is C12H13F3N2S2. The van der Waals surface area contributed by atoms with E-state index in [1.165, 1.54) is 6.07 Å². The van der Waals surface area contributed by atoms with Crippen molar-refractivity contribution in [1.29, 1.82) is 0 Å². The molecule has 0 bridgehead atoms. The largest absolute Gasteiger partial charge is 0.416 e. The number of imidazole rings is 1. The van der Waals surface area contributed by atoms with E-state index in [1.807, 2.05) is 10.8 Å². The molecular weight excluding hydrogens is 293 g/mol. The van der Waals surface area contributed by atoms with Crippen LogP contribution in [-0.2, 0) is 12.7 Å². The number of aromatic amines is 1. The Balaban J connectivity index is 2.40. The lowest BCUT2D eigenvalue weighted by molar-refractivity contribution is -0.137. The van der Waals surface area contributed by atoms with E-state index in [0.717, 1.165) is 29.8 Å². The van der Waals surface area contributed by atoms with E-state index in [2.05, 4.69) is 4.98 Å². The molecule has 7 heteroatoms. The molecule has 0 aliphatic heterocycles. The highest BCUT2D eigenvalue weighted by atomic mass is 32.2. The van der Waals surface area contributed by atoms with Crippen LogP contribution in [0.1, 0.15) is 12.0 Å². The lowest BCUT2D eigenvalue weighted by atomic mass is 10.2. The Kier molecular flexibility index (Phi) is 4.25. The number of fused-ring (bicyclic) bond motifs is 1. The molecule has 1 heterocycles. The molecule has 19 heavy (non-hydrogen) atoms. The standard InChI is InChI=1S/C12H13F3N2S2/c1-19-6-2-5-17-10-4-3-8(12(13,14)15)7-9(10)16-11(17)18/h3-4,7H,2,5-6H2,1H3,(H,16,18). The minimum atomic E-state index is -4.33. The van der Waals surface area contributed by atoms with Crippen molar-refractivity contribution in [3.8, 4) is 0 Å². The second kappa shape index (κ2) is 5.58. The first-order valence-electron chi connectivity index (χ1n) is 5.72. The molecule has 0 amide bonds. The van der Waals surface area contributed by atoms with Crippen LogP contribution >= 0.6 is 24.0 Å². The van der Waals surface area contributed by atoms with Crippen molar-refractivity contribution in [2.75, 3.05) is 12.0 Å². The Labute approximate surface area is 118 Å². The van der Waals surface area contributed by atoms with Gasteiger partial charge in [-0.1, -0.05) is 0 Å². The molecule has 0 radical (unpaired) electrons. The van der Waals surface area contributed by atoms with Crippen molar-refractivity contribution >= 4 is 35.0 Å². The Bertz CT molecular complexity index is 628. The Morgan fingerprint density at radius 1 is 1.37 bits per heavy atom. The Hall–Kier alpha value is -0.950. The van der Waals surface area contributed by atoms with Crippen molar-refractivity contribution < 1.29 is 13.2 Å². The zero-order valence-corrected chi connectivity index (χ0v) is 11.9. The number of hydrogen-bond acceptors (Lipinski definition) is 2. The summed E-state index contributed by atoms with van der Waals surface area (Å²) in [6.07, 6.45) is -1.38. The topological polar surface area (TPSA) is 20.7 Å². The second-order valence-corrected chi connectivity index (χ2v) is 5.53. The van der Waals surface area contributed by atoms with Gasteiger partial charge in [0.05, 0.1) is 16.6 Å². The van der Waals surface area contributed by atoms with Gasteiger partial charge in [-0.05, 0) is 48.8 Å². The normalized spacial score (nSPS) is 12.2. The maximum Gasteiger partial charge on any atom is 0.416 e. The summed E-state index contributed by atoms with van der Waals surface area (Å²) >= 11 is 6.89. The fourth-order valence-electron chi connectivity index (χ4n) is 1.93. The summed E-state index contributed by atoms with van der Waals surface area (Å²) in [5.41, 5.74) is 0.496. The predicted octanol–water partition coefficient (Wildman–Crippen LogP) is 4.47. The SMILES string of the molecule is CSCCCn1c(=S)[nH]c2cc(C(F)(F)F)ccc21. The van der Waals surface area contributed by atoms with Gasteiger partial charge in [-0.25, -0.2) is 0 Å². The average Bonchev–Trinajstić information content (AvgIpc) is 2.64. The number of H-pyrrole nitrogens is 1. The minimum Gasteiger partial charge on any atom is -0.331 e. The van der Waals surface area contributed by atoms with Gasteiger partial charge in [0.25, 0.3) is 0 Å². The molecule has 0 saturated heterocycles. The molecule has 0 unspecified atom stereocenters. The lowest BCUT2D eigenvalue weighted by Gasteiger charge is -2.07. The highest BCUT2D eigenvalue weighted by Gasteiger charge is 2.30. The van der Waals surface area contributed by atoms with Crippen LogP contribution in [0.2, 0.25) is 0 Å². The fraction of sp³-hybridized carbons (Fsp3) is 0.417. The molecule has 0 aliphatic rings. The van der Waals surface area contributed by atoms with Gasteiger partial charge in [-0.15, -0.1) is 0 Å². The van der Waals surface area contributed by atoms with Crippen molar-refractivity contribution in [3.05, 3.63) is 28.5 Å². The van der Waals surface area contributed by atoms with Gasteiger partial charge in [0, 0.05) is 6.54 Å². The number of halogens is 3.